The molecule has 0 aliphatic heterocycles. The number of rotatable bonds is 8. The van der Waals surface area contributed by atoms with Crippen LogP contribution in [0.1, 0.15) is 31.4 Å². The number of hydrogen-bond acceptors (Lipinski definition) is 6. The van der Waals surface area contributed by atoms with Crippen molar-refractivity contribution < 1.29 is 41.4 Å². The normalized spacial score (nSPS) is 11.5. The van der Waals surface area contributed by atoms with Crippen LogP contribution in [0.15, 0.2) is 53.0 Å². The summed E-state index contributed by atoms with van der Waals surface area (Å²) in [5.41, 5.74) is 1.28. The highest BCUT2D eigenvalue weighted by Gasteiger charge is 2.34. The molecule has 3 rings (SSSR count). The van der Waals surface area contributed by atoms with Crippen molar-refractivity contribution in [2.45, 2.75) is 40.0 Å². The molecule has 0 bridgehead atoms. The van der Waals surface area contributed by atoms with E-state index < -0.39 is 24.1 Å². The van der Waals surface area contributed by atoms with E-state index in [2.05, 4.69) is 17.9 Å². The fraction of sp³-hybridized carbons (Fsp3) is 0.280. The van der Waals surface area contributed by atoms with Gasteiger partial charge in [-0.2, -0.15) is 0 Å². The van der Waals surface area contributed by atoms with Crippen molar-refractivity contribution in [2.24, 2.45) is 0 Å². The van der Waals surface area contributed by atoms with Crippen LogP contribution in [0.25, 0.3) is 21.9 Å². The smallest absolute Gasteiger partial charge is 0.462 e. The molecule has 180 valence electrons. The first-order chi connectivity index (χ1) is 15.9. The van der Waals surface area contributed by atoms with Crippen LogP contribution in [-0.4, -0.2) is 24.9 Å². The van der Waals surface area contributed by atoms with Crippen molar-refractivity contribution in [3.05, 3.63) is 59.7 Å². The van der Waals surface area contributed by atoms with Crippen molar-refractivity contribution in [2.75, 3.05) is 6.61 Å². The van der Waals surface area contributed by atoms with Gasteiger partial charge in [0.1, 0.15) is 11.3 Å². The van der Waals surface area contributed by atoms with E-state index in [1.54, 1.807) is 25.1 Å². The lowest BCUT2D eigenvalue weighted by Gasteiger charge is -2.14. The average Bonchev–Trinajstić information content (AvgIpc) is 3.13. The average molecular weight is 476 g/mol. The molecule has 0 radical (unpaired) electrons. The number of hydrogen-bond donors (Lipinski definition) is 0. The zero-order valence-electron chi connectivity index (χ0n) is 18.9. The Bertz CT molecular complexity index is 1300. The SMILES string of the molecule is C=C(C)C(=O)OCCCc1ccc2c(oc3c(C)c(OC(=O)C(=C)C)ccc32)c1OC(F)(F)F. The van der Waals surface area contributed by atoms with Crippen LogP contribution < -0.4 is 9.47 Å². The van der Waals surface area contributed by atoms with Gasteiger partial charge in [-0.1, -0.05) is 19.2 Å². The molecule has 0 unspecified atom stereocenters. The van der Waals surface area contributed by atoms with E-state index in [1.165, 1.54) is 19.9 Å². The topological polar surface area (TPSA) is 75.0 Å². The number of fused-ring (bicyclic) bond motifs is 3. The minimum absolute atomic E-state index is 0.00583. The summed E-state index contributed by atoms with van der Waals surface area (Å²) < 4.78 is 60.2. The Morgan fingerprint density at radius 3 is 2.21 bits per heavy atom. The number of halogens is 3. The summed E-state index contributed by atoms with van der Waals surface area (Å²) in [6.07, 6.45) is -4.55. The fourth-order valence-electron chi connectivity index (χ4n) is 3.31. The van der Waals surface area contributed by atoms with E-state index in [4.69, 9.17) is 13.9 Å². The lowest BCUT2D eigenvalue weighted by molar-refractivity contribution is -0.274. The first-order valence-electron chi connectivity index (χ1n) is 10.3. The van der Waals surface area contributed by atoms with Gasteiger partial charge in [0, 0.05) is 27.5 Å². The van der Waals surface area contributed by atoms with Gasteiger partial charge in [-0.15, -0.1) is 13.2 Å². The van der Waals surface area contributed by atoms with E-state index in [0.717, 1.165) is 0 Å². The number of esters is 2. The van der Waals surface area contributed by atoms with Crippen molar-refractivity contribution in [1.29, 1.82) is 0 Å². The van der Waals surface area contributed by atoms with Gasteiger partial charge in [-0.3, -0.25) is 0 Å². The summed E-state index contributed by atoms with van der Waals surface area (Å²) in [6.45, 7) is 11.6. The lowest BCUT2D eigenvalue weighted by atomic mass is 10.0. The van der Waals surface area contributed by atoms with Gasteiger partial charge < -0.3 is 18.6 Å². The maximum absolute atomic E-state index is 13.2. The molecule has 0 atom stereocenters. The molecule has 1 aromatic heterocycles. The first kappa shape index (κ1) is 24.9. The Morgan fingerprint density at radius 1 is 0.971 bits per heavy atom. The van der Waals surface area contributed by atoms with E-state index in [9.17, 15) is 22.8 Å². The predicted molar refractivity (Wildman–Crippen MR) is 120 cm³/mol. The van der Waals surface area contributed by atoms with Crippen LogP contribution in [-0.2, 0) is 20.7 Å². The van der Waals surface area contributed by atoms with Crippen molar-refractivity contribution in [3.8, 4) is 11.5 Å². The molecule has 6 nitrogen and oxygen atoms in total. The summed E-state index contributed by atoms with van der Waals surface area (Å²) in [4.78, 5) is 23.4. The Morgan fingerprint density at radius 2 is 1.59 bits per heavy atom. The fourth-order valence-corrected chi connectivity index (χ4v) is 3.31. The zero-order valence-corrected chi connectivity index (χ0v) is 18.9. The Hall–Kier alpha value is -3.75. The molecule has 0 spiro atoms. The summed E-state index contributed by atoms with van der Waals surface area (Å²) in [5, 5.41) is 0.948. The Balaban J connectivity index is 2.02. The molecule has 2 aromatic carbocycles. The molecule has 9 heteroatoms. The van der Waals surface area contributed by atoms with Crippen LogP contribution in [0, 0.1) is 6.92 Å². The van der Waals surface area contributed by atoms with Gasteiger partial charge in [0.05, 0.1) is 6.61 Å². The minimum atomic E-state index is -4.95. The van der Waals surface area contributed by atoms with Crippen molar-refractivity contribution >= 4 is 33.9 Å². The number of ether oxygens (including phenoxy) is 3. The third-order valence-corrected chi connectivity index (χ3v) is 4.99. The standard InChI is InChI=1S/C25H23F3O6/c1-13(2)23(29)31-12-6-7-16-8-9-18-17-10-11-19(32-24(30)14(3)4)15(5)20(17)33-22(18)21(16)34-25(26,27)28/h8-11H,1,3,6-7,12H2,2,4-5H3. The number of alkyl halides is 3. The van der Waals surface area contributed by atoms with Crippen LogP contribution in [0.2, 0.25) is 0 Å². The molecule has 0 amide bonds. The third-order valence-electron chi connectivity index (χ3n) is 4.99. The van der Waals surface area contributed by atoms with Gasteiger partial charge in [-0.25, -0.2) is 9.59 Å². The molecular formula is C25H23F3O6. The van der Waals surface area contributed by atoms with Gasteiger partial charge in [0.25, 0.3) is 0 Å². The van der Waals surface area contributed by atoms with Gasteiger partial charge in [0.15, 0.2) is 11.3 Å². The minimum Gasteiger partial charge on any atom is -0.462 e. The molecule has 0 N–H and O–H groups in total. The molecule has 0 aliphatic carbocycles. The number of carbonyl (C=O) groups is 2. The van der Waals surface area contributed by atoms with Crippen molar-refractivity contribution in [3.63, 3.8) is 0 Å². The van der Waals surface area contributed by atoms with E-state index >= 15 is 0 Å². The lowest BCUT2D eigenvalue weighted by Crippen LogP contribution is -2.18. The highest BCUT2D eigenvalue weighted by Crippen LogP contribution is 2.42. The number of benzene rings is 2. The van der Waals surface area contributed by atoms with E-state index in [-0.39, 0.29) is 53.1 Å². The first-order valence-corrected chi connectivity index (χ1v) is 10.3. The van der Waals surface area contributed by atoms with Gasteiger partial charge in [-0.05, 0) is 57.4 Å². The number of carbonyl (C=O) groups excluding carboxylic acids is 2. The zero-order chi connectivity index (χ0) is 25.2. The molecule has 3 aromatic rings. The summed E-state index contributed by atoms with van der Waals surface area (Å²) >= 11 is 0. The van der Waals surface area contributed by atoms with Crippen molar-refractivity contribution in [1.82, 2.24) is 0 Å². The van der Waals surface area contributed by atoms with Crippen LogP contribution >= 0.6 is 0 Å². The number of aryl methyl sites for hydroxylation is 2. The van der Waals surface area contributed by atoms with Crippen LogP contribution in [0.5, 0.6) is 11.5 Å². The maximum atomic E-state index is 13.2. The summed E-state index contributed by atoms with van der Waals surface area (Å²) in [7, 11) is 0. The monoisotopic (exact) mass is 476 g/mol. The summed E-state index contributed by atoms with van der Waals surface area (Å²) in [6, 6.07) is 6.30. The second-order valence-corrected chi connectivity index (χ2v) is 7.84. The molecule has 34 heavy (non-hydrogen) atoms. The second-order valence-electron chi connectivity index (χ2n) is 7.84. The Labute approximate surface area is 193 Å². The van der Waals surface area contributed by atoms with E-state index in [1.807, 2.05) is 0 Å². The molecular weight excluding hydrogens is 453 g/mol. The quantitative estimate of drug-likeness (QED) is 0.164. The van der Waals surface area contributed by atoms with Gasteiger partial charge >= 0.3 is 18.3 Å². The number of furan rings is 1. The van der Waals surface area contributed by atoms with Gasteiger partial charge in [0.2, 0.25) is 0 Å². The largest absolute Gasteiger partial charge is 0.573 e. The maximum Gasteiger partial charge on any atom is 0.573 e. The molecule has 1 heterocycles. The second kappa shape index (κ2) is 9.62. The molecule has 0 saturated carbocycles. The van der Waals surface area contributed by atoms with Crippen LogP contribution in [0.3, 0.4) is 0 Å². The molecule has 0 saturated heterocycles. The Kier molecular flexibility index (Phi) is 7.04. The third kappa shape index (κ3) is 5.41. The van der Waals surface area contributed by atoms with E-state index in [0.29, 0.717) is 16.3 Å². The molecule has 0 aliphatic rings. The highest BCUT2D eigenvalue weighted by atomic mass is 19.4. The predicted octanol–water partition coefficient (Wildman–Crippen LogP) is 6.33. The van der Waals surface area contributed by atoms with Crippen LogP contribution in [0.4, 0.5) is 13.2 Å². The summed E-state index contributed by atoms with van der Waals surface area (Å²) in [5.74, 6) is -1.46. The highest BCUT2D eigenvalue weighted by molar-refractivity contribution is 6.08. The molecule has 0 fully saturated rings.